The SMILES string of the molecule is CCC(C)C(=O)c1ccnc(NC(=O)C2=C(C)NC(Nc3nc4cccc(CCO)c4o3)=NC2c2ccccc2Cl)c1. The third-order valence-electron chi connectivity index (χ3n) is 7.13. The van der Waals surface area contributed by atoms with Crippen LogP contribution in [0.15, 0.2) is 81.5 Å². The number of aliphatic hydroxyl groups excluding tert-OH is 1. The highest BCUT2D eigenvalue weighted by atomic mass is 35.5. The number of carbonyl (C=O) groups is 2. The number of aliphatic hydroxyl groups is 1. The van der Waals surface area contributed by atoms with E-state index in [1.807, 2.05) is 44.2 Å². The molecule has 2 unspecified atom stereocenters. The van der Waals surface area contributed by atoms with Crippen molar-refractivity contribution in [2.75, 3.05) is 17.2 Å². The molecular formula is C31H31ClN6O4. The van der Waals surface area contributed by atoms with E-state index in [-0.39, 0.29) is 30.1 Å². The van der Waals surface area contributed by atoms with Gasteiger partial charge in [-0.1, -0.05) is 55.8 Å². The van der Waals surface area contributed by atoms with Crippen LogP contribution in [-0.4, -0.2) is 39.3 Å². The number of halogens is 1. The number of ketones is 1. The summed E-state index contributed by atoms with van der Waals surface area (Å²) < 4.78 is 5.95. The van der Waals surface area contributed by atoms with Crippen LogP contribution in [0, 0.1) is 5.92 Å². The molecule has 2 aromatic heterocycles. The molecule has 4 N–H and O–H groups in total. The van der Waals surface area contributed by atoms with Crippen molar-refractivity contribution in [1.29, 1.82) is 0 Å². The Labute approximate surface area is 247 Å². The van der Waals surface area contributed by atoms with Crippen molar-refractivity contribution < 1.29 is 19.1 Å². The van der Waals surface area contributed by atoms with Gasteiger partial charge in [0.25, 0.3) is 5.91 Å². The number of aliphatic imine (C=N–C) groups is 1. The molecule has 0 bridgehead atoms. The molecule has 2 atom stereocenters. The quantitative estimate of drug-likeness (QED) is 0.184. The number of Topliss-reactive ketones (excluding diaryl/α,β-unsaturated/α-hetero) is 1. The minimum Gasteiger partial charge on any atom is -0.423 e. The molecule has 4 aromatic rings. The van der Waals surface area contributed by atoms with Gasteiger partial charge in [-0.25, -0.2) is 9.98 Å². The standard InChI is InChI=1S/C31H31ClN6O4/c1-4-17(2)27(40)20-12-14-33-24(16-20)36-29(41)25-18(3)34-30(37-26(25)21-9-5-6-10-22(21)32)38-31-35-23-11-7-8-19(13-15-39)28(23)42-31/h5-12,14,16-17,26,39H,4,13,15H2,1-3H3,(H,33,36,41)(H2,34,35,37,38). The molecule has 42 heavy (non-hydrogen) atoms. The van der Waals surface area contributed by atoms with E-state index in [0.717, 1.165) is 5.56 Å². The first kappa shape index (κ1) is 29.0. The minimum absolute atomic E-state index is 0.0120. The lowest BCUT2D eigenvalue weighted by molar-refractivity contribution is -0.113. The molecule has 11 heteroatoms. The maximum absolute atomic E-state index is 13.7. The number of carbonyl (C=O) groups excluding carboxylic acids is 2. The first-order chi connectivity index (χ1) is 20.3. The smallest absolute Gasteiger partial charge is 0.302 e. The summed E-state index contributed by atoms with van der Waals surface area (Å²) in [5.74, 6) is -0.0318. The van der Waals surface area contributed by atoms with Crippen LogP contribution < -0.4 is 16.0 Å². The molecule has 0 aliphatic carbocycles. The fourth-order valence-corrected chi connectivity index (χ4v) is 4.98. The van der Waals surface area contributed by atoms with Crippen LogP contribution in [0.1, 0.15) is 54.7 Å². The van der Waals surface area contributed by atoms with Crippen molar-refractivity contribution >= 4 is 52.2 Å². The number of hydrogen-bond donors (Lipinski definition) is 4. The number of nitrogens with zero attached hydrogens (tertiary/aromatic N) is 3. The zero-order valence-electron chi connectivity index (χ0n) is 23.4. The predicted molar refractivity (Wildman–Crippen MR) is 163 cm³/mol. The molecule has 0 fully saturated rings. The van der Waals surface area contributed by atoms with E-state index >= 15 is 0 Å². The zero-order chi connectivity index (χ0) is 29.8. The molecule has 1 amide bonds. The van der Waals surface area contributed by atoms with Gasteiger partial charge in [0.1, 0.15) is 17.4 Å². The number of hydrogen-bond acceptors (Lipinski definition) is 9. The van der Waals surface area contributed by atoms with Gasteiger partial charge in [0.2, 0.25) is 5.96 Å². The first-order valence-corrected chi connectivity index (χ1v) is 14.0. The molecule has 1 aliphatic heterocycles. The Hall–Kier alpha value is -4.54. The second kappa shape index (κ2) is 12.5. The number of rotatable bonds is 9. The molecule has 0 radical (unpaired) electrons. The molecule has 3 heterocycles. The number of aromatic nitrogens is 2. The minimum atomic E-state index is -0.776. The number of allylic oxidation sites excluding steroid dienone is 1. The van der Waals surface area contributed by atoms with E-state index < -0.39 is 11.9 Å². The Kier molecular flexibility index (Phi) is 8.65. The maximum Gasteiger partial charge on any atom is 0.302 e. The van der Waals surface area contributed by atoms with E-state index in [1.54, 1.807) is 31.2 Å². The van der Waals surface area contributed by atoms with Gasteiger partial charge in [-0.15, -0.1) is 0 Å². The average Bonchev–Trinajstić information content (AvgIpc) is 3.40. The van der Waals surface area contributed by atoms with E-state index in [4.69, 9.17) is 21.0 Å². The lowest BCUT2D eigenvalue weighted by atomic mass is 9.95. The third kappa shape index (κ3) is 6.05. The van der Waals surface area contributed by atoms with Gasteiger partial charge < -0.3 is 20.2 Å². The number of pyridine rings is 1. The van der Waals surface area contributed by atoms with Crippen molar-refractivity contribution in [3.05, 3.63) is 93.8 Å². The van der Waals surface area contributed by atoms with E-state index in [2.05, 4.69) is 25.9 Å². The van der Waals surface area contributed by atoms with Crippen LogP contribution in [0.5, 0.6) is 0 Å². The van der Waals surface area contributed by atoms with Gasteiger partial charge >= 0.3 is 6.01 Å². The van der Waals surface area contributed by atoms with Crippen molar-refractivity contribution in [2.24, 2.45) is 10.9 Å². The Balaban J connectivity index is 1.45. The van der Waals surface area contributed by atoms with Gasteiger partial charge in [-0.05, 0) is 49.6 Å². The van der Waals surface area contributed by atoms with Crippen molar-refractivity contribution in [2.45, 2.75) is 39.7 Å². The van der Waals surface area contributed by atoms with E-state index in [9.17, 15) is 14.7 Å². The molecule has 10 nitrogen and oxygen atoms in total. The Morgan fingerprint density at radius 1 is 1.17 bits per heavy atom. The third-order valence-corrected chi connectivity index (χ3v) is 7.48. The highest BCUT2D eigenvalue weighted by molar-refractivity contribution is 6.31. The summed E-state index contributed by atoms with van der Waals surface area (Å²) in [5.41, 5.74) is 4.01. The second-order valence-corrected chi connectivity index (χ2v) is 10.4. The van der Waals surface area contributed by atoms with Gasteiger partial charge in [0.15, 0.2) is 11.4 Å². The summed E-state index contributed by atoms with van der Waals surface area (Å²) in [6.07, 6.45) is 2.65. The molecule has 0 spiro atoms. The van der Waals surface area contributed by atoms with Crippen molar-refractivity contribution in [3.8, 4) is 0 Å². The zero-order valence-corrected chi connectivity index (χ0v) is 24.2. The number of fused-ring (bicyclic) bond motifs is 1. The number of para-hydroxylation sites is 1. The van der Waals surface area contributed by atoms with Crippen molar-refractivity contribution in [3.63, 3.8) is 0 Å². The molecule has 1 aliphatic rings. The highest BCUT2D eigenvalue weighted by Gasteiger charge is 2.31. The van der Waals surface area contributed by atoms with E-state index in [1.165, 1.54) is 6.20 Å². The number of nitrogens with one attached hydrogen (secondary N) is 3. The van der Waals surface area contributed by atoms with Crippen LogP contribution in [0.3, 0.4) is 0 Å². The molecule has 0 saturated heterocycles. The monoisotopic (exact) mass is 586 g/mol. The van der Waals surface area contributed by atoms with E-state index in [0.29, 0.717) is 57.3 Å². The van der Waals surface area contributed by atoms with Crippen LogP contribution >= 0.6 is 11.6 Å². The molecule has 0 saturated carbocycles. The van der Waals surface area contributed by atoms with Crippen LogP contribution in [0.4, 0.5) is 11.8 Å². The Morgan fingerprint density at radius 3 is 2.74 bits per heavy atom. The van der Waals surface area contributed by atoms with Gasteiger partial charge in [-0.2, -0.15) is 4.98 Å². The van der Waals surface area contributed by atoms with Crippen molar-refractivity contribution in [1.82, 2.24) is 15.3 Å². The normalized spacial score (nSPS) is 15.6. The molecule has 5 rings (SSSR count). The topological polar surface area (TPSA) is 142 Å². The molecular weight excluding hydrogens is 556 g/mol. The average molecular weight is 587 g/mol. The summed E-state index contributed by atoms with van der Waals surface area (Å²) in [5, 5.41) is 18.9. The maximum atomic E-state index is 13.7. The summed E-state index contributed by atoms with van der Waals surface area (Å²) in [4.78, 5) is 40.0. The summed E-state index contributed by atoms with van der Waals surface area (Å²) in [7, 11) is 0. The summed E-state index contributed by atoms with van der Waals surface area (Å²) >= 11 is 6.58. The number of guanidine groups is 1. The number of benzene rings is 2. The lowest BCUT2D eigenvalue weighted by Crippen LogP contribution is -2.37. The van der Waals surface area contributed by atoms with Crippen LogP contribution in [-0.2, 0) is 11.2 Å². The highest BCUT2D eigenvalue weighted by Crippen LogP contribution is 2.35. The molecule has 2 aromatic carbocycles. The summed E-state index contributed by atoms with van der Waals surface area (Å²) in [6, 6.07) is 15.4. The number of amides is 1. The van der Waals surface area contributed by atoms with Gasteiger partial charge in [-0.3, -0.25) is 14.9 Å². The van der Waals surface area contributed by atoms with Gasteiger partial charge in [0.05, 0.1) is 5.57 Å². The second-order valence-electron chi connectivity index (χ2n) is 10.0. The Bertz CT molecular complexity index is 1710. The summed E-state index contributed by atoms with van der Waals surface area (Å²) in [6.45, 7) is 5.57. The van der Waals surface area contributed by atoms with Crippen LogP contribution in [0.25, 0.3) is 11.1 Å². The number of anilines is 2. The van der Waals surface area contributed by atoms with Gasteiger partial charge in [0, 0.05) is 40.6 Å². The lowest BCUT2D eigenvalue weighted by Gasteiger charge is -2.27. The Morgan fingerprint density at radius 2 is 1.98 bits per heavy atom. The first-order valence-electron chi connectivity index (χ1n) is 13.7. The molecule has 216 valence electrons. The number of oxazole rings is 1. The fraction of sp³-hybridized carbons (Fsp3) is 0.258. The largest absolute Gasteiger partial charge is 0.423 e. The fourth-order valence-electron chi connectivity index (χ4n) is 4.74. The predicted octanol–water partition coefficient (Wildman–Crippen LogP) is 5.66. The van der Waals surface area contributed by atoms with Crippen LogP contribution in [0.2, 0.25) is 5.02 Å².